The summed E-state index contributed by atoms with van der Waals surface area (Å²) in [6.45, 7) is 9.06. The summed E-state index contributed by atoms with van der Waals surface area (Å²) in [4.78, 5) is 23.4. The predicted molar refractivity (Wildman–Crippen MR) is 117 cm³/mol. The molecular formula is C22H26N4O3S. The first-order valence-electron chi connectivity index (χ1n) is 10.0. The van der Waals surface area contributed by atoms with Crippen LogP contribution in [0.15, 0.2) is 35.4 Å². The quantitative estimate of drug-likeness (QED) is 0.593. The molecule has 0 amide bonds. The monoisotopic (exact) mass is 426 g/mol. The first-order valence-corrected chi connectivity index (χ1v) is 11.9. The van der Waals surface area contributed by atoms with Crippen molar-refractivity contribution in [3.63, 3.8) is 0 Å². The summed E-state index contributed by atoms with van der Waals surface area (Å²) in [5, 5.41) is 1.02. The van der Waals surface area contributed by atoms with Gasteiger partial charge in [0, 0.05) is 42.1 Å². The van der Waals surface area contributed by atoms with Crippen molar-refractivity contribution in [3.8, 4) is 0 Å². The van der Waals surface area contributed by atoms with Crippen LogP contribution in [0.4, 0.5) is 5.95 Å². The van der Waals surface area contributed by atoms with Crippen molar-refractivity contribution in [2.45, 2.75) is 45.2 Å². The average Bonchev–Trinajstić information content (AvgIpc) is 3.03. The predicted octanol–water partition coefficient (Wildman–Crippen LogP) is 3.56. The molecule has 158 valence electrons. The van der Waals surface area contributed by atoms with Crippen molar-refractivity contribution in [3.05, 3.63) is 47.4 Å². The van der Waals surface area contributed by atoms with E-state index in [0.717, 1.165) is 16.6 Å². The molecule has 0 saturated heterocycles. The second kappa shape index (κ2) is 7.19. The highest BCUT2D eigenvalue weighted by molar-refractivity contribution is 7.90. The van der Waals surface area contributed by atoms with Gasteiger partial charge in [0.05, 0.1) is 22.2 Å². The fourth-order valence-electron chi connectivity index (χ4n) is 4.35. The van der Waals surface area contributed by atoms with E-state index >= 15 is 0 Å². The number of sulfone groups is 1. The van der Waals surface area contributed by atoms with Crippen molar-refractivity contribution in [2.75, 3.05) is 17.7 Å². The van der Waals surface area contributed by atoms with E-state index in [9.17, 15) is 13.2 Å². The van der Waals surface area contributed by atoms with E-state index in [-0.39, 0.29) is 17.7 Å². The second-order valence-electron chi connectivity index (χ2n) is 8.32. The van der Waals surface area contributed by atoms with Gasteiger partial charge >= 0.3 is 0 Å². The third-order valence-corrected chi connectivity index (χ3v) is 6.88. The van der Waals surface area contributed by atoms with Gasteiger partial charge in [-0.25, -0.2) is 18.4 Å². The molecular weight excluding hydrogens is 400 g/mol. The summed E-state index contributed by atoms with van der Waals surface area (Å²) in [6, 6.07) is 7.48. The smallest absolute Gasteiger partial charge is 0.226 e. The zero-order valence-electron chi connectivity index (χ0n) is 17.9. The summed E-state index contributed by atoms with van der Waals surface area (Å²) < 4.78 is 26.3. The van der Waals surface area contributed by atoms with Crippen molar-refractivity contribution in [2.24, 2.45) is 5.92 Å². The summed E-state index contributed by atoms with van der Waals surface area (Å²) in [5.41, 5.74) is 3.27. The maximum atomic E-state index is 12.0. The number of nitrogens with zero attached hydrogens (tertiary/aromatic N) is 4. The van der Waals surface area contributed by atoms with Crippen LogP contribution in [-0.2, 0) is 16.4 Å². The van der Waals surface area contributed by atoms with Gasteiger partial charge in [-0.3, -0.25) is 4.79 Å². The zero-order chi connectivity index (χ0) is 21.8. The number of carbonyl (C=O) groups is 1. The van der Waals surface area contributed by atoms with Crippen LogP contribution < -0.4 is 4.90 Å². The number of anilines is 1. The number of ketones is 1. The third-order valence-electron chi connectivity index (χ3n) is 5.77. The number of aromatic nitrogens is 3. The Hall–Kier alpha value is -2.74. The molecule has 3 heterocycles. The lowest BCUT2D eigenvalue weighted by Crippen LogP contribution is -2.41. The normalized spacial score (nSPS) is 16.9. The SMILES string of the molecule is CC(=O)c1cnc(N2CCn3c(cc4ccc(S(C)(=O)=O)cc43)C2C(C)C)nc1C. The highest BCUT2D eigenvalue weighted by atomic mass is 32.2. The Balaban J connectivity index is 1.83. The van der Waals surface area contributed by atoms with Gasteiger partial charge in [0.15, 0.2) is 15.6 Å². The van der Waals surface area contributed by atoms with Gasteiger partial charge in [0.2, 0.25) is 5.95 Å². The standard InChI is InChI=1S/C22H26N4O3S/c1-13(2)21-20-10-16-6-7-17(30(5,28)29)11-19(16)25(20)8-9-26(21)22-23-12-18(15(4)27)14(3)24-22/h6-7,10-13,21H,8-9H2,1-5H3. The first kappa shape index (κ1) is 20.5. The van der Waals surface area contributed by atoms with Crippen molar-refractivity contribution < 1.29 is 13.2 Å². The molecule has 0 bridgehead atoms. The van der Waals surface area contributed by atoms with Gasteiger partial charge in [0.25, 0.3) is 0 Å². The van der Waals surface area contributed by atoms with Crippen molar-refractivity contribution in [1.29, 1.82) is 0 Å². The zero-order valence-corrected chi connectivity index (χ0v) is 18.7. The molecule has 0 aliphatic carbocycles. The molecule has 0 radical (unpaired) electrons. The van der Waals surface area contributed by atoms with Crippen LogP contribution in [-0.4, -0.2) is 41.5 Å². The molecule has 0 spiro atoms. The number of aryl methyl sites for hydroxylation is 1. The van der Waals surface area contributed by atoms with Crippen molar-refractivity contribution in [1.82, 2.24) is 14.5 Å². The lowest BCUT2D eigenvalue weighted by Gasteiger charge is -2.39. The summed E-state index contributed by atoms with van der Waals surface area (Å²) in [6.07, 6.45) is 2.84. The molecule has 0 N–H and O–H groups in total. The molecule has 30 heavy (non-hydrogen) atoms. The number of rotatable bonds is 4. The Bertz CT molecular complexity index is 1260. The maximum Gasteiger partial charge on any atom is 0.226 e. The van der Waals surface area contributed by atoms with Gasteiger partial charge in [-0.2, -0.15) is 0 Å². The highest BCUT2D eigenvalue weighted by Crippen LogP contribution is 2.38. The number of fused-ring (bicyclic) bond motifs is 3. The molecule has 1 aromatic carbocycles. The van der Waals surface area contributed by atoms with Crippen LogP contribution in [0.3, 0.4) is 0 Å². The molecule has 7 nitrogen and oxygen atoms in total. The molecule has 4 rings (SSSR count). The molecule has 1 aliphatic heterocycles. The minimum absolute atomic E-state index is 0.0374. The third kappa shape index (κ3) is 3.39. The summed E-state index contributed by atoms with van der Waals surface area (Å²) in [7, 11) is -3.27. The first-order chi connectivity index (χ1) is 14.1. The van der Waals surface area contributed by atoms with E-state index in [1.54, 1.807) is 18.3 Å². The van der Waals surface area contributed by atoms with Crippen molar-refractivity contribution >= 4 is 32.5 Å². The fraction of sp³-hybridized carbons (Fsp3) is 0.409. The number of benzene rings is 1. The van der Waals surface area contributed by atoms with Crippen LogP contribution in [0.5, 0.6) is 0 Å². The Labute approximate surface area is 176 Å². The molecule has 2 aromatic heterocycles. The Kier molecular flexibility index (Phi) is 4.92. The number of hydrogen-bond donors (Lipinski definition) is 0. The van der Waals surface area contributed by atoms with Crippen LogP contribution in [0.1, 0.15) is 48.6 Å². The van der Waals surface area contributed by atoms with Gasteiger partial charge in [-0.15, -0.1) is 0 Å². The van der Waals surface area contributed by atoms with E-state index in [1.807, 2.05) is 13.0 Å². The van der Waals surface area contributed by atoms with E-state index < -0.39 is 9.84 Å². The van der Waals surface area contributed by atoms with E-state index in [4.69, 9.17) is 0 Å². The van der Waals surface area contributed by atoms with Crippen LogP contribution in [0, 0.1) is 12.8 Å². The van der Waals surface area contributed by atoms with Crippen LogP contribution in [0.2, 0.25) is 0 Å². The topological polar surface area (TPSA) is 85.2 Å². The molecule has 1 atom stereocenters. The average molecular weight is 427 g/mol. The Morgan fingerprint density at radius 3 is 2.53 bits per heavy atom. The Morgan fingerprint density at radius 2 is 1.93 bits per heavy atom. The Morgan fingerprint density at radius 1 is 1.20 bits per heavy atom. The maximum absolute atomic E-state index is 12.0. The number of Topliss-reactive ketones (excluding diaryl/α,β-unsaturated/α-hetero) is 1. The van der Waals surface area contributed by atoms with Gasteiger partial charge in [-0.1, -0.05) is 19.9 Å². The highest BCUT2D eigenvalue weighted by Gasteiger charge is 2.33. The molecule has 3 aromatic rings. The van der Waals surface area contributed by atoms with E-state index in [0.29, 0.717) is 35.2 Å². The molecule has 0 saturated carbocycles. The van der Waals surface area contributed by atoms with Crippen LogP contribution in [0.25, 0.3) is 10.9 Å². The minimum Gasteiger partial charge on any atom is -0.341 e. The van der Waals surface area contributed by atoms with E-state index in [1.165, 1.54) is 13.2 Å². The molecule has 1 unspecified atom stereocenters. The largest absolute Gasteiger partial charge is 0.341 e. The van der Waals surface area contributed by atoms with E-state index in [2.05, 4.69) is 39.3 Å². The van der Waals surface area contributed by atoms with Gasteiger partial charge < -0.3 is 9.47 Å². The minimum atomic E-state index is -3.27. The van der Waals surface area contributed by atoms with Gasteiger partial charge in [0.1, 0.15) is 0 Å². The summed E-state index contributed by atoms with van der Waals surface area (Å²) in [5.74, 6) is 0.851. The van der Waals surface area contributed by atoms with Gasteiger partial charge in [-0.05, 0) is 38.0 Å². The second-order valence-corrected chi connectivity index (χ2v) is 10.3. The molecule has 0 fully saturated rings. The fourth-order valence-corrected chi connectivity index (χ4v) is 4.99. The summed E-state index contributed by atoms with van der Waals surface area (Å²) >= 11 is 0. The lowest BCUT2D eigenvalue weighted by atomic mass is 9.97. The van der Waals surface area contributed by atoms with Crippen LogP contribution >= 0.6 is 0 Å². The molecule has 1 aliphatic rings. The lowest BCUT2D eigenvalue weighted by molar-refractivity contribution is 0.101. The number of carbonyl (C=O) groups excluding carboxylic acids is 1. The molecule has 8 heteroatoms. The number of hydrogen-bond acceptors (Lipinski definition) is 6.